The molecule has 0 aromatic heterocycles. The molecule has 1 aromatic rings. The van der Waals surface area contributed by atoms with Crippen LogP contribution in [0, 0.1) is 0 Å². The Labute approximate surface area is 202 Å². The average molecular weight is 479 g/mol. The summed E-state index contributed by atoms with van der Waals surface area (Å²) in [6.45, 7) is 14.2. The highest BCUT2D eigenvalue weighted by atomic mass is 16.6. The van der Waals surface area contributed by atoms with E-state index >= 15 is 0 Å². The fourth-order valence-electron chi connectivity index (χ4n) is 2.59. The molecule has 0 saturated heterocycles. The van der Waals surface area contributed by atoms with Gasteiger partial charge in [-0.25, -0.2) is 19.2 Å². The van der Waals surface area contributed by atoms with Crippen LogP contribution in [0.4, 0.5) is 0 Å². The molecule has 0 heterocycles. The maximum atomic E-state index is 13.0. The van der Waals surface area contributed by atoms with Gasteiger partial charge in [-0.15, -0.1) is 0 Å². The van der Waals surface area contributed by atoms with Gasteiger partial charge < -0.3 is 18.9 Å². The third-order valence-corrected chi connectivity index (χ3v) is 5.57. The molecule has 1 rings (SSSR count). The standard InChI is InChI=1S/C26H38O8/c1-9-15(5)31-23(27)19-13-21(25(29)33-17(7)11-3)22(26(30)34-18(8)12-4)14-20(19)24(28)32-16(6)10-2/h13-18H,9-12H2,1-8H3. The van der Waals surface area contributed by atoms with E-state index in [9.17, 15) is 19.2 Å². The fourth-order valence-corrected chi connectivity index (χ4v) is 2.59. The van der Waals surface area contributed by atoms with Gasteiger partial charge in [0.1, 0.15) is 0 Å². The predicted octanol–water partition coefficient (Wildman–Crippen LogP) is 5.51. The molecule has 0 aliphatic carbocycles. The van der Waals surface area contributed by atoms with Crippen molar-refractivity contribution in [2.24, 2.45) is 0 Å². The van der Waals surface area contributed by atoms with Crippen LogP contribution in [0.3, 0.4) is 0 Å². The molecule has 190 valence electrons. The predicted molar refractivity (Wildman–Crippen MR) is 127 cm³/mol. The minimum Gasteiger partial charge on any atom is -0.459 e. The first-order chi connectivity index (χ1) is 16.0. The molecule has 4 atom stereocenters. The van der Waals surface area contributed by atoms with Crippen molar-refractivity contribution >= 4 is 23.9 Å². The van der Waals surface area contributed by atoms with Crippen molar-refractivity contribution in [2.45, 2.75) is 105 Å². The van der Waals surface area contributed by atoms with Gasteiger partial charge in [0.15, 0.2) is 0 Å². The zero-order valence-electron chi connectivity index (χ0n) is 21.6. The SMILES string of the molecule is CCC(C)OC(=O)c1cc(C(=O)OC(C)CC)c(C(=O)OC(C)CC)cc1C(=O)OC(C)CC. The second kappa shape index (κ2) is 13.7. The smallest absolute Gasteiger partial charge is 0.339 e. The van der Waals surface area contributed by atoms with E-state index in [1.807, 2.05) is 27.7 Å². The lowest BCUT2D eigenvalue weighted by molar-refractivity contribution is 0.0269. The van der Waals surface area contributed by atoms with Crippen LogP contribution in [0.2, 0.25) is 0 Å². The molecule has 0 amide bonds. The zero-order valence-corrected chi connectivity index (χ0v) is 21.6. The number of hydrogen-bond donors (Lipinski definition) is 0. The Morgan fingerprint density at radius 1 is 0.500 bits per heavy atom. The van der Waals surface area contributed by atoms with Crippen molar-refractivity contribution in [3.8, 4) is 0 Å². The second-order valence-electron chi connectivity index (χ2n) is 8.44. The number of carbonyl (C=O) groups excluding carboxylic acids is 4. The highest BCUT2D eigenvalue weighted by Gasteiger charge is 2.30. The molecule has 34 heavy (non-hydrogen) atoms. The van der Waals surface area contributed by atoms with E-state index in [1.165, 1.54) is 0 Å². The number of carbonyl (C=O) groups is 4. The summed E-state index contributed by atoms with van der Waals surface area (Å²) in [5.74, 6) is -3.20. The maximum Gasteiger partial charge on any atom is 0.339 e. The molecule has 0 bridgehead atoms. The highest BCUT2D eigenvalue weighted by Crippen LogP contribution is 2.24. The molecule has 1 aromatic carbocycles. The maximum absolute atomic E-state index is 13.0. The largest absolute Gasteiger partial charge is 0.459 e. The van der Waals surface area contributed by atoms with Crippen LogP contribution in [0.5, 0.6) is 0 Å². The highest BCUT2D eigenvalue weighted by molar-refractivity contribution is 6.10. The lowest BCUT2D eigenvalue weighted by Gasteiger charge is -2.19. The molecular formula is C26H38O8. The summed E-state index contributed by atoms with van der Waals surface area (Å²) in [7, 11) is 0. The number of hydrogen-bond acceptors (Lipinski definition) is 8. The molecule has 0 spiro atoms. The number of rotatable bonds is 12. The molecule has 4 unspecified atom stereocenters. The summed E-state index contributed by atoms with van der Waals surface area (Å²) in [5, 5.41) is 0. The summed E-state index contributed by atoms with van der Waals surface area (Å²) in [6.07, 6.45) is 0.545. The molecule has 0 radical (unpaired) electrons. The van der Waals surface area contributed by atoms with Gasteiger partial charge in [0.2, 0.25) is 0 Å². The van der Waals surface area contributed by atoms with Crippen LogP contribution in [0.1, 0.15) is 123 Å². The molecule has 0 N–H and O–H groups in total. The van der Waals surface area contributed by atoms with Gasteiger partial charge in [-0.1, -0.05) is 27.7 Å². The van der Waals surface area contributed by atoms with Crippen LogP contribution in [0.25, 0.3) is 0 Å². The Morgan fingerprint density at radius 3 is 0.824 bits per heavy atom. The van der Waals surface area contributed by atoms with Gasteiger partial charge in [0.25, 0.3) is 0 Å². The number of ether oxygens (including phenoxy) is 4. The first kappa shape index (κ1) is 29.1. The van der Waals surface area contributed by atoms with Crippen molar-refractivity contribution < 1.29 is 38.1 Å². The minimum absolute atomic E-state index is 0.176. The average Bonchev–Trinajstić information content (AvgIpc) is 2.82. The van der Waals surface area contributed by atoms with Crippen LogP contribution in [-0.4, -0.2) is 48.3 Å². The van der Waals surface area contributed by atoms with Crippen molar-refractivity contribution in [2.75, 3.05) is 0 Å². The molecule has 0 aliphatic rings. The first-order valence-electron chi connectivity index (χ1n) is 12.0. The summed E-state index contributed by atoms with van der Waals surface area (Å²) >= 11 is 0. The van der Waals surface area contributed by atoms with Gasteiger partial charge in [-0.3, -0.25) is 0 Å². The molecule has 8 heteroatoms. The Bertz CT molecular complexity index is 738. The van der Waals surface area contributed by atoms with E-state index in [4.69, 9.17) is 18.9 Å². The van der Waals surface area contributed by atoms with E-state index in [2.05, 4.69) is 0 Å². The van der Waals surface area contributed by atoms with Crippen molar-refractivity contribution in [1.82, 2.24) is 0 Å². The molecule has 0 aliphatic heterocycles. The third-order valence-electron chi connectivity index (χ3n) is 5.57. The lowest BCUT2D eigenvalue weighted by Crippen LogP contribution is -2.25. The minimum atomic E-state index is -0.801. The van der Waals surface area contributed by atoms with Crippen molar-refractivity contribution in [3.05, 3.63) is 34.4 Å². The van der Waals surface area contributed by atoms with E-state index in [0.29, 0.717) is 25.7 Å². The normalized spacial score (nSPS) is 14.4. The topological polar surface area (TPSA) is 105 Å². The molecule has 0 fully saturated rings. The monoisotopic (exact) mass is 478 g/mol. The van der Waals surface area contributed by atoms with E-state index in [-0.39, 0.29) is 22.3 Å². The number of benzene rings is 1. The van der Waals surface area contributed by atoms with Crippen LogP contribution < -0.4 is 0 Å². The van der Waals surface area contributed by atoms with Crippen molar-refractivity contribution in [3.63, 3.8) is 0 Å². The van der Waals surface area contributed by atoms with Gasteiger partial charge in [-0.05, 0) is 65.5 Å². The van der Waals surface area contributed by atoms with Crippen LogP contribution in [0.15, 0.2) is 12.1 Å². The Hall–Kier alpha value is -2.90. The summed E-state index contributed by atoms with van der Waals surface area (Å²) < 4.78 is 21.6. The van der Waals surface area contributed by atoms with Crippen LogP contribution in [-0.2, 0) is 18.9 Å². The van der Waals surface area contributed by atoms with Gasteiger partial charge >= 0.3 is 23.9 Å². The lowest BCUT2D eigenvalue weighted by atomic mass is 9.97. The van der Waals surface area contributed by atoms with Crippen molar-refractivity contribution in [1.29, 1.82) is 0 Å². The van der Waals surface area contributed by atoms with E-state index in [0.717, 1.165) is 12.1 Å². The quantitative estimate of drug-likeness (QED) is 0.286. The van der Waals surface area contributed by atoms with Gasteiger partial charge in [-0.2, -0.15) is 0 Å². The van der Waals surface area contributed by atoms with Gasteiger partial charge in [0.05, 0.1) is 46.7 Å². The second-order valence-corrected chi connectivity index (χ2v) is 8.44. The molecule has 8 nitrogen and oxygen atoms in total. The molecule has 0 saturated carbocycles. The summed E-state index contributed by atoms with van der Waals surface area (Å²) in [5.41, 5.74) is -0.704. The first-order valence-corrected chi connectivity index (χ1v) is 12.0. The fraction of sp³-hybridized carbons (Fsp3) is 0.615. The van der Waals surface area contributed by atoms with Gasteiger partial charge in [0, 0.05) is 0 Å². The van der Waals surface area contributed by atoms with Crippen LogP contribution >= 0.6 is 0 Å². The third kappa shape index (κ3) is 8.15. The molecular weight excluding hydrogens is 440 g/mol. The Balaban J connectivity index is 3.72. The summed E-state index contributed by atoms with van der Waals surface area (Å²) in [4.78, 5) is 51.8. The Kier molecular flexibility index (Phi) is 11.8. The zero-order chi connectivity index (χ0) is 26.0. The number of esters is 4. The Morgan fingerprint density at radius 2 is 0.676 bits per heavy atom. The summed E-state index contributed by atoms with van der Waals surface area (Å²) in [6, 6.07) is 2.33. The van der Waals surface area contributed by atoms with E-state index < -0.39 is 48.3 Å². The van der Waals surface area contributed by atoms with E-state index in [1.54, 1.807) is 27.7 Å².